The summed E-state index contributed by atoms with van der Waals surface area (Å²) in [6.45, 7) is 6.97. The van der Waals surface area contributed by atoms with Gasteiger partial charge in [0, 0.05) is 0 Å². The zero-order chi connectivity index (χ0) is 56.6. The standard InChI is InChI=1S/3C26H53.Al/c3*1-3-5-7-9-11-13-15-17-19-21-23-25-26-24-22-20-18-16-14-12-10-8-6-4-2;/h3*1,3-26H2,2H3;. The third-order valence-electron chi connectivity index (χ3n) is 19.4. The molecule has 0 N–H and O–H groups in total. The van der Waals surface area contributed by atoms with Crippen molar-refractivity contribution in [1.29, 1.82) is 0 Å². The van der Waals surface area contributed by atoms with Gasteiger partial charge in [0.05, 0.1) is 0 Å². The molecule has 0 atom stereocenters. The van der Waals surface area contributed by atoms with Crippen molar-refractivity contribution in [3.05, 3.63) is 0 Å². The monoisotopic (exact) mass is 1120 g/mol. The van der Waals surface area contributed by atoms with E-state index in [1.165, 1.54) is 424 Å². The molecule has 0 heterocycles. The number of hydrogen-bond donors (Lipinski definition) is 0. The molecule has 1 heteroatoms. The van der Waals surface area contributed by atoms with E-state index >= 15 is 0 Å². The van der Waals surface area contributed by atoms with Crippen molar-refractivity contribution in [2.75, 3.05) is 0 Å². The molecule has 0 rings (SSSR count). The third-order valence-corrected chi connectivity index (χ3v) is 23.1. The lowest BCUT2D eigenvalue weighted by molar-refractivity contribution is 0.517. The highest BCUT2D eigenvalue weighted by molar-refractivity contribution is 6.58. The zero-order valence-corrected chi connectivity index (χ0v) is 57.8. The van der Waals surface area contributed by atoms with Crippen LogP contribution in [0.5, 0.6) is 0 Å². The van der Waals surface area contributed by atoms with Crippen molar-refractivity contribution in [2.24, 2.45) is 0 Å². The van der Waals surface area contributed by atoms with Gasteiger partial charge >= 0.3 is 0 Å². The Morgan fingerprint density at radius 2 is 0.177 bits per heavy atom. The summed E-state index contributed by atoms with van der Waals surface area (Å²) < 4.78 is 0. The molecule has 474 valence electrons. The summed E-state index contributed by atoms with van der Waals surface area (Å²) in [5.41, 5.74) is 0. The highest BCUT2D eigenvalue weighted by atomic mass is 27.2. The Labute approximate surface area is 510 Å². The van der Waals surface area contributed by atoms with Gasteiger partial charge in [-0.1, -0.05) is 499 Å². The van der Waals surface area contributed by atoms with Crippen LogP contribution in [0.25, 0.3) is 0 Å². The summed E-state index contributed by atoms with van der Waals surface area (Å²) in [5, 5.41) is 5.04. The van der Waals surface area contributed by atoms with E-state index in [1.807, 2.05) is 0 Å². The molecule has 0 nitrogen and oxygen atoms in total. The lowest BCUT2D eigenvalue weighted by Gasteiger charge is -2.12. The predicted molar refractivity (Wildman–Crippen MR) is 370 cm³/mol. The molecule has 0 spiro atoms. The highest BCUT2D eigenvalue weighted by Gasteiger charge is 2.16. The first-order valence-corrected chi connectivity index (χ1v) is 41.8. The van der Waals surface area contributed by atoms with E-state index in [4.69, 9.17) is 0 Å². The SMILES string of the molecule is CCCCCCCCCCCCCCCCCCCCCCCCC[CH2][Al]([CH2]CCCCCCCCCCCCCCCCCCCCCCCCC)[CH2]CCCCCCCCCCCCCCCCCCCCCCCCC. The summed E-state index contributed by atoms with van der Waals surface area (Å²) in [4.78, 5) is 0. The van der Waals surface area contributed by atoms with Crippen molar-refractivity contribution in [3.8, 4) is 0 Å². The second-order valence-corrected chi connectivity index (χ2v) is 31.1. The van der Waals surface area contributed by atoms with E-state index in [2.05, 4.69) is 20.8 Å². The van der Waals surface area contributed by atoms with E-state index in [0.29, 0.717) is 0 Å². The average Bonchev–Trinajstić information content (AvgIpc) is 3.46. The third kappa shape index (κ3) is 74.6. The van der Waals surface area contributed by atoms with Crippen LogP contribution < -0.4 is 0 Å². The summed E-state index contributed by atoms with van der Waals surface area (Å²) in [6.07, 6.45) is 108. The van der Waals surface area contributed by atoms with Gasteiger partial charge in [-0.25, -0.2) is 0 Å². The minimum atomic E-state index is -0.543. The summed E-state index contributed by atoms with van der Waals surface area (Å²) >= 11 is -0.543. The largest absolute Gasteiger partial charge is 0.261 e. The fourth-order valence-corrected chi connectivity index (χ4v) is 17.1. The lowest BCUT2D eigenvalue weighted by atomic mass is 10.0. The molecule has 0 amide bonds. The molecule has 0 saturated carbocycles. The van der Waals surface area contributed by atoms with Crippen LogP contribution in [0.1, 0.15) is 483 Å². The van der Waals surface area contributed by atoms with E-state index in [-0.39, 0.29) is 0 Å². The zero-order valence-electron chi connectivity index (χ0n) is 56.6. The topological polar surface area (TPSA) is 0 Å². The van der Waals surface area contributed by atoms with Gasteiger partial charge in [0.15, 0.2) is 0 Å². The van der Waals surface area contributed by atoms with Gasteiger partial charge in [0.1, 0.15) is 0 Å². The van der Waals surface area contributed by atoms with Gasteiger partial charge < -0.3 is 0 Å². The quantitative estimate of drug-likeness (QED) is 0.0421. The molecular formula is C78H159Al. The molecule has 0 saturated heterocycles. The predicted octanol–water partition coefficient (Wildman–Crippen LogP) is 30.6. The van der Waals surface area contributed by atoms with Crippen LogP contribution in [0.4, 0.5) is 0 Å². The molecule has 0 bridgehead atoms. The van der Waals surface area contributed by atoms with Crippen LogP contribution in [-0.2, 0) is 0 Å². The maximum Gasteiger partial charge on any atom is 0.261 e. The van der Waals surface area contributed by atoms with E-state index in [0.717, 1.165) is 0 Å². The maximum atomic E-state index is 2.32. The van der Waals surface area contributed by atoms with E-state index in [1.54, 1.807) is 54.4 Å². The molecule has 0 radical (unpaired) electrons. The minimum Gasteiger partial charge on any atom is -0.0939 e. The Balaban J connectivity index is 3.99. The Hall–Kier alpha value is 0.532. The Morgan fingerprint density at radius 3 is 0.266 bits per heavy atom. The van der Waals surface area contributed by atoms with Gasteiger partial charge in [0.2, 0.25) is 0 Å². The molecular weight excluding hydrogens is 964 g/mol. The normalized spacial score (nSPS) is 11.7. The fourth-order valence-electron chi connectivity index (χ4n) is 13.6. The second-order valence-electron chi connectivity index (χ2n) is 27.6. The number of rotatable bonds is 75. The van der Waals surface area contributed by atoms with Gasteiger partial charge in [-0.15, -0.1) is 0 Å². The fraction of sp³-hybridized carbons (Fsp3) is 1.00. The number of hydrogen-bond acceptors (Lipinski definition) is 0. The van der Waals surface area contributed by atoms with Crippen LogP contribution in [-0.4, -0.2) is 14.1 Å². The van der Waals surface area contributed by atoms with Crippen molar-refractivity contribution in [2.45, 2.75) is 499 Å². The number of unbranched alkanes of at least 4 members (excludes halogenated alkanes) is 69. The Kier molecular flexibility index (Phi) is 77.1. The Morgan fingerprint density at radius 1 is 0.101 bits per heavy atom. The van der Waals surface area contributed by atoms with Crippen molar-refractivity contribution in [3.63, 3.8) is 0 Å². The molecule has 0 aliphatic rings. The first-order valence-electron chi connectivity index (χ1n) is 39.3. The molecule has 0 aromatic rings. The van der Waals surface area contributed by atoms with Gasteiger partial charge in [0.25, 0.3) is 14.1 Å². The van der Waals surface area contributed by atoms with Crippen molar-refractivity contribution < 1.29 is 0 Å². The molecule has 0 aliphatic carbocycles. The summed E-state index contributed by atoms with van der Waals surface area (Å²) in [7, 11) is 0. The molecule has 0 aliphatic heterocycles. The molecule has 79 heavy (non-hydrogen) atoms. The van der Waals surface area contributed by atoms with E-state index < -0.39 is 14.1 Å². The van der Waals surface area contributed by atoms with Crippen molar-refractivity contribution in [1.82, 2.24) is 0 Å². The van der Waals surface area contributed by atoms with Gasteiger partial charge in [-0.05, 0) is 0 Å². The van der Waals surface area contributed by atoms with E-state index in [9.17, 15) is 0 Å². The van der Waals surface area contributed by atoms with Gasteiger partial charge in [-0.3, -0.25) is 0 Å². The first kappa shape index (κ1) is 79.5. The summed E-state index contributed by atoms with van der Waals surface area (Å²) in [5.74, 6) is 0. The highest BCUT2D eigenvalue weighted by Crippen LogP contribution is 2.23. The minimum absolute atomic E-state index is 0.543. The second kappa shape index (κ2) is 76.5. The van der Waals surface area contributed by atoms with Crippen LogP contribution in [0.2, 0.25) is 15.8 Å². The Bertz CT molecular complexity index is 865. The van der Waals surface area contributed by atoms with Crippen LogP contribution in [0.15, 0.2) is 0 Å². The van der Waals surface area contributed by atoms with Crippen molar-refractivity contribution >= 4 is 14.1 Å². The van der Waals surface area contributed by atoms with Gasteiger partial charge in [-0.2, -0.15) is 0 Å². The van der Waals surface area contributed by atoms with Crippen LogP contribution >= 0.6 is 0 Å². The molecule has 0 unspecified atom stereocenters. The molecule has 0 aromatic heterocycles. The molecule has 0 aromatic carbocycles. The first-order chi connectivity index (χ1) is 39.3. The average molecular weight is 1120 g/mol. The summed E-state index contributed by atoms with van der Waals surface area (Å²) in [6, 6.07) is 0. The lowest BCUT2D eigenvalue weighted by Crippen LogP contribution is -2.12. The van der Waals surface area contributed by atoms with Crippen LogP contribution in [0, 0.1) is 0 Å². The van der Waals surface area contributed by atoms with Crippen LogP contribution in [0.3, 0.4) is 0 Å². The smallest absolute Gasteiger partial charge is 0.0939 e. The molecule has 0 fully saturated rings. The maximum absolute atomic E-state index is 2.32.